The van der Waals surface area contributed by atoms with Gasteiger partial charge in [-0.1, -0.05) is 36.4 Å². The molecule has 0 heterocycles. The molecule has 0 radical (unpaired) electrons. The lowest BCUT2D eigenvalue weighted by atomic mass is 10.1. The molecule has 0 saturated heterocycles. The van der Waals surface area contributed by atoms with Crippen LogP contribution >= 0.6 is 8.53 Å². The van der Waals surface area contributed by atoms with Gasteiger partial charge in [0.2, 0.25) is 0 Å². The largest absolute Gasteiger partial charge is 0.372 e. The van der Waals surface area contributed by atoms with E-state index >= 15 is 0 Å². The Bertz CT molecular complexity index is 762. The van der Waals surface area contributed by atoms with Gasteiger partial charge >= 0.3 is 0 Å². The van der Waals surface area contributed by atoms with Crippen LogP contribution in [0.2, 0.25) is 0 Å². The zero-order valence-corrected chi connectivity index (χ0v) is 18.5. The quantitative estimate of drug-likeness (QED) is 0.364. The molecule has 28 heavy (non-hydrogen) atoms. The summed E-state index contributed by atoms with van der Waals surface area (Å²) in [5, 5.41) is 11.3. The summed E-state index contributed by atoms with van der Waals surface area (Å²) in [4.78, 5) is 2.22. The summed E-state index contributed by atoms with van der Waals surface area (Å²) < 4.78 is 14.4. The van der Waals surface area contributed by atoms with Crippen molar-refractivity contribution >= 4 is 25.0 Å². The maximum atomic E-state index is 8.81. The molecule has 0 N–H and O–H groups in total. The fourth-order valence-electron chi connectivity index (χ4n) is 3.23. The molecule has 6 heteroatoms. The first kappa shape index (κ1) is 22.6. The minimum atomic E-state index is -1.19. The topological polar surface area (TPSA) is 48.7 Å². The van der Waals surface area contributed by atoms with Gasteiger partial charge in [0.25, 0.3) is 8.53 Å². The number of likely N-dealkylation sites (N-methyl/N-ethyl adjacent to an activating group) is 1. The molecular formula is C22H32N3O2P. The molecule has 0 spiro atoms. The summed E-state index contributed by atoms with van der Waals surface area (Å²) in [7, 11) is 0.897. The van der Waals surface area contributed by atoms with Crippen LogP contribution in [0.4, 0.5) is 5.69 Å². The molecule has 0 aliphatic carbocycles. The lowest BCUT2D eigenvalue weighted by Crippen LogP contribution is -2.34. The number of rotatable bonds is 11. The Hall–Kier alpha value is -1.70. The molecule has 1 atom stereocenters. The Morgan fingerprint density at radius 1 is 0.964 bits per heavy atom. The second-order valence-electron chi connectivity index (χ2n) is 7.30. The van der Waals surface area contributed by atoms with Crippen LogP contribution < -0.4 is 4.90 Å². The van der Waals surface area contributed by atoms with Crippen molar-refractivity contribution in [3.8, 4) is 6.07 Å². The molecule has 5 nitrogen and oxygen atoms in total. The van der Waals surface area contributed by atoms with Crippen LogP contribution in [0.25, 0.3) is 10.8 Å². The van der Waals surface area contributed by atoms with E-state index in [0.29, 0.717) is 31.7 Å². The molecular weight excluding hydrogens is 369 g/mol. The van der Waals surface area contributed by atoms with Gasteiger partial charge in [0.1, 0.15) is 0 Å². The van der Waals surface area contributed by atoms with Crippen LogP contribution in [0.3, 0.4) is 0 Å². The van der Waals surface area contributed by atoms with Crippen molar-refractivity contribution in [1.29, 1.82) is 5.26 Å². The third-order valence-electron chi connectivity index (χ3n) is 4.47. The lowest BCUT2D eigenvalue weighted by Gasteiger charge is -2.35. The third-order valence-corrected chi connectivity index (χ3v) is 6.58. The monoisotopic (exact) mass is 401 g/mol. The molecule has 2 aromatic carbocycles. The van der Waals surface area contributed by atoms with Crippen LogP contribution in [-0.4, -0.2) is 43.6 Å². The molecule has 0 aliphatic rings. The summed E-state index contributed by atoms with van der Waals surface area (Å²) in [6, 6.07) is 17.5. The van der Waals surface area contributed by atoms with E-state index in [1.807, 2.05) is 0 Å². The van der Waals surface area contributed by atoms with Gasteiger partial charge in [-0.05, 0) is 39.1 Å². The fraction of sp³-hybridized carbons (Fsp3) is 0.500. The van der Waals surface area contributed by atoms with Crippen molar-refractivity contribution in [2.45, 2.75) is 46.2 Å². The highest BCUT2D eigenvalue weighted by Gasteiger charge is 2.27. The zero-order chi connectivity index (χ0) is 20.5. The maximum Gasteiger partial charge on any atom is 0.259 e. The molecule has 0 fully saturated rings. The van der Waals surface area contributed by atoms with E-state index in [9.17, 15) is 0 Å². The Morgan fingerprint density at radius 3 is 2.29 bits per heavy atom. The summed E-state index contributed by atoms with van der Waals surface area (Å²) in [6.45, 7) is 10.3. The number of hydrogen-bond acceptors (Lipinski definition) is 5. The molecule has 2 rings (SSSR count). The average Bonchev–Trinajstić information content (AvgIpc) is 2.66. The van der Waals surface area contributed by atoms with Gasteiger partial charge in [0.15, 0.2) is 0 Å². The van der Waals surface area contributed by atoms with E-state index < -0.39 is 8.53 Å². The number of benzene rings is 2. The summed E-state index contributed by atoms with van der Waals surface area (Å²) in [5.74, 6) is 0. The standard InChI is InChI=1S/C22H32N3O2P/c1-18(2)25(19(3)4)28(26-16-9-14-23)27-17-15-24(5)22-13-8-11-20-10-6-7-12-21(20)22/h6-8,10-13,18-19H,9,15-17H2,1-5H3. The van der Waals surface area contributed by atoms with Gasteiger partial charge in [0.05, 0.1) is 25.7 Å². The Kier molecular flexibility index (Phi) is 9.15. The molecule has 0 saturated carbocycles. The van der Waals surface area contributed by atoms with E-state index in [-0.39, 0.29) is 0 Å². The highest BCUT2D eigenvalue weighted by atomic mass is 31.2. The number of nitriles is 1. The molecule has 0 amide bonds. The van der Waals surface area contributed by atoms with Crippen molar-refractivity contribution in [3.63, 3.8) is 0 Å². The maximum absolute atomic E-state index is 8.81. The van der Waals surface area contributed by atoms with Crippen molar-refractivity contribution in [2.24, 2.45) is 0 Å². The fourth-order valence-corrected chi connectivity index (χ4v) is 4.81. The van der Waals surface area contributed by atoms with Crippen molar-refractivity contribution in [2.75, 3.05) is 31.7 Å². The Balaban J connectivity index is 2.02. The predicted molar refractivity (Wildman–Crippen MR) is 118 cm³/mol. The molecule has 0 aromatic heterocycles. The molecule has 1 unspecified atom stereocenters. The number of anilines is 1. The lowest BCUT2D eigenvalue weighted by molar-refractivity contribution is 0.179. The molecule has 2 aromatic rings. The van der Waals surface area contributed by atoms with E-state index in [4.69, 9.17) is 14.3 Å². The number of fused-ring (bicyclic) bond motifs is 1. The van der Waals surface area contributed by atoms with E-state index in [1.54, 1.807) is 0 Å². The average molecular weight is 401 g/mol. The van der Waals surface area contributed by atoms with E-state index in [1.165, 1.54) is 16.5 Å². The second kappa shape index (κ2) is 11.3. The van der Waals surface area contributed by atoms with Crippen molar-refractivity contribution in [3.05, 3.63) is 42.5 Å². The highest BCUT2D eigenvalue weighted by molar-refractivity contribution is 7.44. The van der Waals surface area contributed by atoms with E-state index in [0.717, 1.165) is 6.54 Å². The first-order valence-electron chi connectivity index (χ1n) is 9.85. The van der Waals surface area contributed by atoms with Crippen LogP contribution in [0.5, 0.6) is 0 Å². The second-order valence-corrected chi connectivity index (χ2v) is 8.75. The third kappa shape index (κ3) is 6.15. The minimum absolute atomic E-state index is 0.309. The van der Waals surface area contributed by atoms with Gasteiger partial charge < -0.3 is 13.9 Å². The van der Waals surface area contributed by atoms with Crippen LogP contribution in [0, 0.1) is 11.3 Å². The van der Waals surface area contributed by atoms with Gasteiger partial charge in [-0.3, -0.25) is 0 Å². The zero-order valence-electron chi connectivity index (χ0n) is 17.6. The van der Waals surface area contributed by atoms with Gasteiger partial charge in [-0.15, -0.1) is 0 Å². The normalized spacial score (nSPS) is 12.7. The first-order chi connectivity index (χ1) is 13.5. The van der Waals surface area contributed by atoms with Gasteiger partial charge in [-0.2, -0.15) is 5.26 Å². The number of nitrogens with zero attached hydrogens (tertiary/aromatic N) is 3. The van der Waals surface area contributed by atoms with Crippen molar-refractivity contribution in [1.82, 2.24) is 4.67 Å². The smallest absolute Gasteiger partial charge is 0.259 e. The van der Waals surface area contributed by atoms with Crippen LogP contribution in [0.15, 0.2) is 42.5 Å². The van der Waals surface area contributed by atoms with Crippen molar-refractivity contribution < 1.29 is 9.05 Å². The van der Waals surface area contributed by atoms with E-state index in [2.05, 4.69) is 92.8 Å². The summed E-state index contributed by atoms with van der Waals surface area (Å²) in [6.07, 6.45) is 0.377. The Morgan fingerprint density at radius 2 is 1.61 bits per heavy atom. The van der Waals surface area contributed by atoms with Crippen LogP contribution in [0.1, 0.15) is 34.1 Å². The molecule has 152 valence electrons. The highest BCUT2D eigenvalue weighted by Crippen LogP contribution is 2.45. The first-order valence-corrected chi connectivity index (χ1v) is 11.0. The number of hydrogen-bond donors (Lipinski definition) is 0. The summed E-state index contributed by atoms with van der Waals surface area (Å²) in [5.41, 5.74) is 1.20. The SMILES string of the molecule is CC(C)N(C(C)C)P(OCCC#N)OCCN(C)c1cccc2ccccc12. The Labute approximate surface area is 170 Å². The van der Waals surface area contributed by atoms with Gasteiger partial charge in [-0.25, -0.2) is 4.67 Å². The molecule has 0 aliphatic heterocycles. The minimum Gasteiger partial charge on any atom is -0.372 e. The van der Waals surface area contributed by atoms with Gasteiger partial charge in [0, 0.05) is 36.7 Å². The molecule has 0 bridgehead atoms. The predicted octanol–water partition coefficient (Wildman–Crippen LogP) is 5.57. The van der Waals surface area contributed by atoms with Crippen LogP contribution in [-0.2, 0) is 9.05 Å². The summed E-state index contributed by atoms with van der Waals surface area (Å²) >= 11 is 0.